The monoisotopic (exact) mass is 420 g/mol. The normalized spacial score (nSPS) is 11.5. The third-order valence-electron chi connectivity index (χ3n) is 5.12. The fourth-order valence-corrected chi connectivity index (χ4v) is 3.47. The molecule has 160 valence electrons. The molecule has 2 aromatic heterocycles. The standard InChI is InChI=1S/C24H24N2O5/c1-15-5-6-21-20(12-23(27)31-22(21)9-15)14-30-24(28)19(13-25)11-18-10-16(2)26(17(18)3)7-8-29-4/h5-6,9-12H,7-8,14H2,1-4H3/b19-11+. The molecule has 0 radical (unpaired) electrons. The number of aromatic nitrogens is 1. The summed E-state index contributed by atoms with van der Waals surface area (Å²) in [5.74, 6) is -0.752. The van der Waals surface area contributed by atoms with Gasteiger partial charge in [-0.15, -0.1) is 0 Å². The number of fused-ring (bicyclic) bond motifs is 1. The molecule has 0 saturated carbocycles. The highest BCUT2D eigenvalue weighted by atomic mass is 16.5. The number of benzene rings is 1. The smallest absolute Gasteiger partial charge is 0.349 e. The quantitative estimate of drug-likeness (QED) is 0.250. The molecule has 2 heterocycles. The van der Waals surface area contributed by atoms with Crippen LogP contribution in [-0.2, 0) is 27.4 Å². The van der Waals surface area contributed by atoms with E-state index in [-0.39, 0.29) is 12.2 Å². The Balaban J connectivity index is 1.83. The molecule has 0 aliphatic carbocycles. The van der Waals surface area contributed by atoms with E-state index in [0.717, 1.165) is 22.5 Å². The summed E-state index contributed by atoms with van der Waals surface area (Å²) in [6, 6.07) is 10.6. The van der Waals surface area contributed by atoms with Crippen LogP contribution in [0.5, 0.6) is 0 Å². The van der Waals surface area contributed by atoms with Gasteiger partial charge >= 0.3 is 11.6 Å². The van der Waals surface area contributed by atoms with E-state index in [9.17, 15) is 14.9 Å². The summed E-state index contributed by atoms with van der Waals surface area (Å²) in [5.41, 5.74) is 3.96. The summed E-state index contributed by atoms with van der Waals surface area (Å²) in [5, 5.41) is 10.2. The van der Waals surface area contributed by atoms with Crippen molar-refractivity contribution in [2.24, 2.45) is 0 Å². The van der Waals surface area contributed by atoms with Crippen LogP contribution in [0.15, 0.2) is 45.1 Å². The number of carbonyl (C=O) groups is 1. The minimum absolute atomic E-state index is 0.116. The maximum Gasteiger partial charge on any atom is 0.349 e. The molecule has 7 nitrogen and oxygen atoms in total. The van der Waals surface area contributed by atoms with E-state index in [2.05, 4.69) is 4.57 Å². The average Bonchev–Trinajstić information content (AvgIpc) is 3.00. The number of methoxy groups -OCH3 is 1. The molecule has 31 heavy (non-hydrogen) atoms. The van der Waals surface area contributed by atoms with Crippen LogP contribution < -0.4 is 5.63 Å². The van der Waals surface area contributed by atoms with Crippen LogP contribution in [0.1, 0.15) is 28.1 Å². The van der Waals surface area contributed by atoms with Gasteiger partial charge in [0, 0.05) is 42.1 Å². The van der Waals surface area contributed by atoms with Crippen molar-refractivity contribution in [3.8, 4) is 6.07 Å². The maximum atomic E-state index is 12.6. The van der Waals surface area contributed by atoms with Gasteiger partial charge in [0.15, 0.2) is 0 Å². The van der Waals surface area contributed by atoms with Gasteiger partial charge in [-0.25, -0.2) is 9.59 Å². The summed E-state index contributed by atoms with van der Waals surface area (Å²) in [4.78, 5) is 24.4. The zero-order chi connectivity index (χ0) is 22.5. The average molecular weight is 420 g/mol. The predicted octanol–water partition coefficient (Wildman–Crippen LogP) is 3.82. The Kier molecular flexibility index (Phi) is 6.73. The molecule has 0 bridgehead atoms. The van der Waals surface area contributed by atoms with Gasteiger partial charge in [-0.05, 0) is 50.1 Å². The molecule has 7 heteroatoms. The van der Waals surface area contributed by atoms with Crippen LogP contribution in [0.4, 0.5) is 0 Å². The Morgan fingerprint density at radius 3 is 2.71 bits per heavy atom. The Morgan fingerprint density at radius 1 is 1.23 bits per heavy atom. The van der Waals surface area contributed by atoms with E-state index in [1.54, 1.807) is 13.2 Å². The van der Waals surface area contributed by atoms with Crippen LogP contribution in [0.2, 0.25) is 0 Å². The van der Waals surface area contributed by atoms with Gasteiger partial charge < -0.3 is 18.5 Å². The second kappa shape index (κ2) is 9.45. The second-order valence-electron chi connectivity index (χ2n) is 7.31. The molecule has 0 spiro atoms. The molecule has 3 aromatic rings. The molecular weight excluding hydrogens is 396 g/mol. The molecule has 0 N–H and O–H groups in total. The van der Waals surface area contributed by atoms with Crippen LogP contribution in [0.3, 0.4) is 0 Å². The number of esters is 1. The molecule has 0 aliphatic rings. The lowest BCUT2D eigenvalue weighted by Crippen LogP contribution is -2.09. The molecule has 0 saturated heterocycles. The van der Waals surface area contributed by atoms with E-state index < -0.39 is 11.6 Å². The highest BCUT2D eigenvalue weighted by Crippen LogP contribution is 2.21. The van der Waals surface area contributed by atoms with Crippen LogP contribution in [0.25, 0.3) is 17.0 Å². The first-order valence-corrected chi connectivity index (χ1v) is 9.82. The van der Waals surface area contributed by atoms with Crippen molar-refractivity contribution < 1.29 is 18.7 Å². The lowest BCUT2D eigenvalue weighted by Gasteiger charge is -2.08. The van der Waals surface area contributed by atoms with Crippen molar-refractivity contribution in [1.29, 1.82) is 5.26 Å². The van der Waals surface area contributed by atoms with Crippen molar-refractivity contribution >= 4 is 23.0 Å². The third-order valence-corrected chi connectivity index (χ3v) is 5.12. The van der Waals surface area contributed by atoms with Gasteiger partial charge in [-0.2, -0.15) is 5.26 Å². The Labute approximate surface area is 180 Å². The summed E-state index contributed by atoms with van der Waals surface area (Å²) in [6.45, 7) is 6.87. The van der Waals surface area contributed by atoms with Crippen molar-refractivity contribution in [3.63, 3.8) is 0 Å². The van der Waals surface area contributed by atoms with Gasteiger partial charge in [-0.3, -0.25) is 0 Å². The highest BCUT2D eigenvalue weighted by molar-refractivity contribution is 5.98. The number of rotatable bonds is 7. The van der Waals surface area contributed by atoms with E-state index >= 15 is 0 Å². The van der Waals surface area contributed by atoms with Crippen molar-refractivity contribution in [1.82, 2.24) is 4.57 Å². The van der Waals surface area contributed by atoms with Gasteiger partial charge in [0.25, 0.3) is 0 Å². The largest absolute Gasteiger partial charge is 0.457 e. The first-order chi connectivity index (χ1) is 14.8. The molecule has 0 fully saturated rings. The SMILES string of the molecule is COCCn1c(C)cc(/C=C(\C#N)C(=O)OCc2cc(=O)oc3cc(C)ccc23)c1C. The van der Waals surface area contributed by atoms with E-state index in [1.165, 1.54) is 12.1 Å². The van der Waals surface area contributed by atoms with E-state index in [0.29, 0.717) is 29.7 Å². The van der Waals surface area contributed by atoms with E-state index in [4.69, 9.17) is 13.9 Å². The number of ether oxygens (including phenoxy) is 2. The lowest BCUT2D eigenvalue weighted by molar-refractivity contribution is -0.139. The van der Waals surface area contributed by atoms with Crippen molar-refractivity contribution in [3.05, 3.63) is 74.4 Å². The lowest BCUT2D eigenvalue weighted by atomic mass is 10.1. The molecular formula is C24H24N2O5. The van der Waals surface area contributed by atoms with Gasteiger partial charge in [0.1, 0.15) is 23.8 Å². The third kappa shape index (κ3) is 4.93. The van der Waals surface area contributed by atoms with Crippen LogP contribution in [-0.4, -0.2) is 24.3 Å². The first kappa shape index (κ1) is 22.1. The maximum absolute atomic E-state index is 12.6. The van der Waals surface area contributed by atoms with Crippen molar-refractivity contribution in [2.75, 3.05) is 13.7 Å². The summed E-state index contributed by atoms with van der Waals surface area (Å²) in [6.07, 6.45) is 1.52. The minimum Gasteiger partial charge on any atom is -0.457 e. The van der Waals surface area contributed by atoms with Crippen LogP contribution >= 0.6 is 0 Å². The van der Waals surface area contributed by atoms with Gasteiger partial charge in [0.2, 0.25) is 0 Å². The number of hydrogen-bond donors (Lipinski definition) is 0. The molecule has 0 amide bonds. The first-order valence-electron chi connectivity index (χ1n) is 9.82. The number of hydrogen-bond acceptors (Lipinski definition) is 6. The molecule has 0 unspecified atom stereocenters. The molecule has 0 aliphatic heterocycles. The summed E-state index contributed by atoms with van der Waals surface area (Å²) in [7, 11) is 1.64. The Morgan fingerprint density at radius 2 is 2.00 bits per heavy atom. The van der Waals surface area contributed by atoms with Gasteiger partial charge in [0.05, 0.1) is 6.61 Å². The van der Waals surface area contributed by atoms with Crippen molar-refractivity contribution in [2.45, 2.75) is 33.9 Å². The Bertz CT molecular complexity index is 1260. The topological polar surface area (TPSA) is 94.5 Å². The van der Waals surface area contributed by atoms with Crippen LogP contribution in [0, 0.1) is 32.1 Å². The highest BCUT2D eigenvalue weighted by Gasteiger charge is 2.15. The molecule has 1 aromatic carbocycles. The summed E-state index contributed by atoms with van der Waals surface area (Å²) >= 11 is 0. The zero-order valence-corrected chi connectivity index (χ0v) is 18.0. The number of aryl methyl sites for hydroxylation is 2. The number of nitriles is 1. The van der Waals surface area contributed by atoms with Gasteiger partial charge in [-0.1, -0.05) is 12.1 Å². The summed E-state index contributed by atoms with van der Waals surface area (Å²) < 4.78 is 17.8. The molecule has 0 atom stereocenters. The Hall–Kier alpha value is -3.63. The zero-order valence-electron chi connectivity index (χ0n) is 18.0. The van der Waals surface area contributed by atoms with E-state index in [1.807, 2.05) is 45.0 Å². The second-order valence-corrected chi connectivity index (χ2v) is 7.31. The predicted molar refractivity (Wildman–Crippen MR) is 116 cm³/mol. The number of carbonyl (C=O) groups excluding carboxylic acids is 1. The number of nitrogens with zero attached hydrogens (tertiary/aromatic N) is 2. The fraction of sp³-hybridized carbons (Fsp3) is 0.292. The molecule has 3 rings (SSSR count). The minimum atomic E-state index is -0.752. The fourth-order valence-electron chi connectivity index (χ4n) is 3.47.